The third kappa shape index (κ3) is 3.18. The number of carbonyl (C=O) groups is 1. The van der Waals surface area contributed by atoms with E-state index >= 15 is 0 Å². The number of halogens is 2. The summed E-state index contributed by atoms with van der Waals surface area (Å²) < 4.78 is 15.0. The number of amides is 1. The molecule has 0 radical (unpaired) electrons. The van der Waals surface area contributed by atoms with Gasteiger partial charge < -0.3 is 9.80 Å². The SMILES string of the molecule is C=CC(=O)N1CCN(c2ncnc3c(C)c(-c4c(F)ccc5cn[nH]c45)c(Cl)cc23)CC1. The molecular weight excluding hydrogens is 431 g/mol. The fourth-order valence-corrected chi connectivity index (χ4v) is 4.72. The second-order valence-electron chi connectivity index (χ2n) is 7.72. The first kappa shape index (κ1) is 20.4. The van der Waals surface area contributed by atoms with Crippen LogP contribution in [0.3, 0.4) is 0 Å². The molecule has 2 aromatic carbocycles. The predicted octanol–water partition coefficient (Wildman–Crippen LogP) is 4.11. The number of hydrogen-bond donors (Lipinski definition) is 1. The van der Waals surface area contributed by atoms with Crippen molar-refractivity contribution in [3.8, 4) is 11.1 Å². The molecular formula is C23H20ClFN6O. The lowest BCUT2D eigenvalue weighted by Gasteiger charge is -2.35. The number of benzene rings is 2. The number of nitrogens with zero attached hydrogens (tertiary/aromatic N) is 5. The Morgan fingerprint density at radius 2 is 2.00 bits per heavy atom. The number of rotatable bonds is 3. The van der Waals surface area contributed by atoms with E-state index in [4.69, 9.17) is 11.6 Å². The summed E-state index contributed by atoms with van der Waals surface area (Å²) in [5.41, 5.74) is 3.01. The minimum absolute atomic E-state index is 0.0734. The van der Waals surface area contributed by atoms with Crippen LogP contribution in [0.25, 0.3) is 32.9 Å². The Hall–Kier alpha value is -3.52. The molecule has 1 amide bonds. The number of aryl methyl sites for hydroxylation is 1. The summed E-state index contributed by atoms with van der Waals surface area (Å²) in [5.74, 6) is 0.289. The Morgan fingerprint density at radius 3 is 2.75 bits per heavy atom. The summed E-state index contributed by atoms with van der Waals surface area (Å²) in [6.07, 6.45) is 4.50. The van der Waals surface area contributed by atoms with Crippen molar-refractivity contribution in [2.45, 2.75) is 6.92 Å². The zero-order valence-corrected chi connectivity index (χ0v) is 18.2. The van der Waals surface area contributed by atoms with Crippen molar-refractivity contribution in [2.75, 3.05) is 31.1 Å². The number of hydrogen-bond acceptors (Lipinski definition) is 5. The zero-order valence-electron chi connectivity index (χ0n) is 17.4. The van der Waals surface area contributed by atoms with Crippen molar-refractivity contribution in [3.63, 3.8) is 0 Å². The number of carbonyl (C=O) groups excluding carboxylic acids is 1. The van der Waals surface area contributed by atoms with Gasteiger partial charge in [0.1, 0.15) is 18.0 Å². The molecule has 1 aliphatic heterocycles. The van der Waals surface area contributed by atoms with Gasteiger partial charge in [0, 0.05) is 53.1 Å². The van der Waals surface area contributed by atoms with E-state index in [-0.39, 0.29) is 11.7 Å². The lowest BCUT2D eigenvalue weighted by molar-refractivity contribution is -0.126. The quantitative estimate of drug-likeness (QED) is 0.475. The van der Waals surface area contributed by atoms with Gasteiger partial charge in [0.2, 0.25) is 5.91 Å². The van der Waals surface area contributed by atoms with Crippen LogP contribution in [0.15, 0.2) is 43.4 Å². The van der Waals surface area contributed by atoms with Crippen molar-refractivity contribution >= 4 is 45.1 Å². The van der Waals surface area contributed by atoms with Gasteiger partial charge in [-0.2, -0.15) is 5.10 Å². The average molecular weight is 451 g/mol. The summed E-state index contributed by atoms with van der Waals surface area (Å²) >= 11 is 6.74. The second kappa shape index (κ2) is 7.87. The summed E-state index contributed by atoms with van der Waals surface area (Å²) in [6.45, 7) is 7.86. The number of aromatic amines is 1. The number of piperazine rings is 1. The molecule has 1 saturated heterocycles. The highest BCUT2D eigenvalue weighted by atomic mass is 35.5. The van der Waals surface area contributed by atoms with Crippen LogP contribution in [0, 0.1) is 12.7 Å². The van der Waals surface area contributed by atoms with E-state index < -0.39 is 0 Å². The predicted molar refractivity (Wildman–Crippen MR) is 123 cm³/mol. The molecule has 0 saturated carbocycles. The zero-order chi connectivity index (χ0) is 22.4. The normalized spacial score (nSPS) is 14.3. The van der Waals surface area contributed by atoms with Crippen LogP contribution in [0.1, 0.15) is 5.56 Å². The minimum Gasteiger partial charge on any atom is -0.352 e. The summed E-state index contributed by atoms with van der Waals surface area (Å²) in [4.78, 5) is 24.8. The van der Waals surface area contributed by atoms with Gasteiger partial charge >= 0.3 is 0 Å². The van der Waals surface area contributed by atoms with Crippen molar-refractivity contribution in [3.05, 3.63) is 59.8 Å². The van der Waals surface area contributed by atoms with Gasteiger partial charge in [-0.3, -0.25) is 9.89 Å². The summed E-state index contributed by atoms with van der Waals surface area (Å²) in [5, 5.41) is 8.93. The van der Waals surface area contributed by atoms with Gasteiger partial charge in [-0.15, -0.1) is 0 Å². The smallest absolute Gasteiger partial charge is 0.246 e. The largest absolute Gasteiger partial charge is 0.352 e. The third-order valence-corrected chi connectivity index (χ3v) is 6.28. The van der Waals surface area contributed by atoms with Crippen LogP contribution in [0.2, 0.25) is 5.02 Å². The molecule has 1 fully saturated rings. The Morgan fingerprint density at radius 1 is 1.22 bits per heavy atom. The Bertz CT molecular complexity index is 1380. The standard InChI is InChI=1S/C23H20ClFN6O/c1-3-18(32)30-6-8-31(9-7-30)23-15-10-16(24)19(13(2)21(15)26-12-27-23)20-17(25)5-4-14-11-28-29-22(14)20/h3-5,10-12H,1,6-9H2,2H3,(H,28,29). The first-order chi connectivity index (χ1) is 15.5. The Labute approximate surface area is 188 Å². The van der Waals surface area contributed by atoms with Crippen LogP contribution >= 0.6 is 11.6 Å². The number of fused-ring (bicyclic) bond motifs is 2. The van der Waals surface area contributed by atoms with E-state index in [1.165, 1.54) is 18.5 Å². The van der Waals surface area contributed by atoms with E-state index in [2.05, 4.69) is 31.6 Å². The van der Waals surface area contributed by atoms with Crippen LogP contribution in [0.4, 0.5) is 10.2 Å². The highest BCUT2D eigenvalue weighted by Gasteiger charge is 2.24. The highest BCUT2D eigenvalue weighted by Crippen LogP contribution is 2.41. The molecule has 3 heterocycles. The maximum atomic E-state index is 15.0. The van der Waals surface area contributed by atoms with Gasteiger partial charge in [-0.05, 0) is 36.8 Å². The Kier molecular flexibility index (Phi) is 5.01. The van der Waals surface area contributed by atoms with E-state index in [0.29, 0.717) is 53.4 Å². The number of H-pyrrole nitrogens is 1. The minimum atomic E-state index is -0.386. The number of nitrogens with one attached hydrogen (secondary N) is 1. The summed E-state index contributed by atoms with van der Waals surface area (Å²) in [7, 11) is 0. The molecule has 1 aliphatic rings. The molecule has 0 aliphatic carbocycles. The van der Waals surface area contributed by atoms with Crippen molar-refractivity contribution in [2.24, 2.45) is 0 Å². The van der Waals surface area contributed by atoms with Gasteiger partial charge in [-0.1, -0.05) is 18.2 Å². The van der Waals surface area contributed by atoms with Gasteiger partial charge in [0.15, 0.2) is 0 Å². The van der Waals surface area contributed by atoms with E-state index in [0.717, 1.165) is 22.2 Å². The van der Waals surface area contributed by atoms with Crippen LogP contribution in [-0.4, -0.2) is 57.2 Å². The van der Waals surface area contributed by atoms with Crippen LogP contribution in [0.5, 0.6) is 0 Å². The fraction of sp³-hybridized carbons (Fsp3) is 0.217. The van der Waals surface area contributed by atoms with Gasteiger partial charge in [0.05, 0.1) is 17.2 Å². The monoisotopic (exact) mass is 450 g/mol. The molecule has 0 atom stereocenters. The van der Waals surface area contributed by atoms with Gasteiger partial charge in [-0.25, -0.2) is 14.4 Å². The summed E-state index contributed by atoms with van der Waals surface area (Å²) in [6, 6.07) is 4.89. The van der Waals surface area contributed by atoms with E-state index in [1.54, 1.807) is 23.2 Å². The van der Waals surface area contributed by atoms with Crippen molar-refractivity contribution in [1.29, 1.82) is 0 Å². The second-order valence-corrected chi connectivity index (χ2v) is 8.13. The molecule has 9 heteroatoms. The van der Waals surface area contributed by atoms with Crippen LogP contribution in [-0.2, 0) is 4.79 Å². The molecule has 0 unspecified atom stereocenters. The fourth-order valence-electron chi connectivity index (χ4n) is 4.37. The number of aromatic nitrogens is 4. The topological polar surface area (TPSA) is 78.0 Å². The lowest BCUT2D eigenvalue weighted by atomic mass is 9.95. The first-order valence-corrected chi connectivity index (χ1v) is 10.6. The maximum absolute atomic E-state index is 15.0. The molecule has 7 nitrogen and oxygen atoms in total. The first-order valence-electron chi connectivity index (χ1n) is 10.2. The molecule has 32 heavy (non-hydrogen) atoms. The van der Waals surface area contributed by atoms with Crippen LogP contribution < -0.4 is 4.90 Å². The van der Waals surface area contributed by atoms with Gasteiger partial charge in [0.25, 0.3) is 0 Å². The highest BCUT2D eigenvalue weighted by molar-refractivity contribution is 6.35. The molecule has 4 aromatic rings. The molecule has 2 aromatic heterocycles. The molecule has 1 N–H and O–H groups in total. The average Bonchev–Trinajstić information content (AvgIpc) is 3.28. The third-order valence-electron chi connectivity index (χ3n) is 5.99. The van der Waals surface area contributed by atoms with Crippen molar-refractivity contribution < 1.29 is 9.18 Å². The number of anilines is 1. The van der Waals surface area contributed by atoms with E-state index in [1.807, 2.05) is 6.92 Å². The molecule has 5 rings (SSSR count). The lowest BCUT2D eigenvalue weighted by Crippen LogP contribution is -2.48. The van der Waals surface area contributed by atoms with E-state index in [9.17, 15) is 9.18 Å². The molecule has 0 bridgehead atoms. The maximum Gasteiger partial charge on any atom is 0.246 e. The Balaban J connectivity index is 1.62. The van der Waals surface area contributed by atoms with Crippen molar-refractivity contribution in [1.82, 2.24) is 25.1 Å². The molecule has 0 spiro atoms. The molecule has 162 valence electrons.